The molecule has 1 fully saturated rings. The molecule has 0 unspecified atom stereocenters. The van der Waals surface area contributed by atoms with Gasteiger partial charge >= 0.3 is 0 Å². The Kier molecular flexibility index (Phi) is 5.97. The highest BCUT2D eigenvalue weighted by atomic mass is 32.2. The topological polar surface area (TPSA) is 78.5 Å². The molecule has 2 N–H and O–H groups in total. The van der Waals surface area contributed by atoms with Crippen LogP contribution in [0.25, 0.3) is 0 Å². The molecule has 2 aliphatic rings. The Balaban J connectivity index is 1.50. The van der Waals surface area contributed by atoms with Gasteiger partial charge in [0.2, 0.25) is 5.91 Å². The van der Waals surface area contributed by atoms with Gasteiger partial charge in [0.15, 0.2) is 0 Å². The number of sulfonamides is 1. The monoisotopic (exact) mass is 445 g/mol. The first-order valence-electron chi connectivity index (χ1n) is 10.3. The largest absolute Gasteiger partial charge is 0.372 e. The van der Waals surface area contributed by atoms with Gasteiger partial charge in [-0.05, 0) is 61.2 Å². The van der Waals surface area contributed by atoms with Crippen LogP contribution in [-0.4, -0.2) is 32.7 Å². The fraction of sp³-hybridized carbons (Fsp3) is 0.409. The standard InChI is InChI=1S/C22H27N3O3S2/c1-15-9-11-25(12-10-15)18-5-3-17(4-6-18)24-30(27,28)19-7-8-21-20(14-19)23-22(26)13-16(2)29-21/h3-8,14-16,24H,9-13H2,1-2H3,(H,23,26)/t16-/m0/s1. The molecule has 1 amide bonds. The molecule has 1 atom stereocenters. The van der Waals surface area contributed by atoms with Crippen molar-refractivity contribution < 1.29 is 13.2 Å². The number of hydrogen-bond acceptors (Lipinski definition) is 5. The van der Waals surface area contributed by atoms with Gasteiger partial charge in [0.05, 0.1) is 10.6 Å². The summed E-state index contributed by atoms with van der Waals surface area (Å²) in [5.41, 5.74) is 2.18. The van der Waals surface area contributed by atoms with Crippen LogP contribution in [0.2, 0.25) is 0 Å². The number of hydrogen-bond donors (Lipinski definition) is 2. The molecule has 0 bridgehead atoms. The number of carbonyl (C=O) groups is 1. The van der Waals surface area contributed by atoms with Crippen molar-refractivity contribution in [2.24, 2.45) is 5.92 Å². The van der Waals surface area contributed by atoms with Gasteiger partial charge in [0.25, 0.3) is 10.0 Å². The van der Waals surface area contributed by atoms with E-state index in [0.29, 0.717) is 17.8 Å². The zero-order valence-electron chi connectivity index (χ0n) is 17.2. The van der Waals surface area contributed by atoms with E-state index in [2.05, 4.69) is 21.9 Å². The molecule has 0 aromatic heterocycles. The van der Waals surface area contributed by atoms with Gasteiger partial charge in [0.1, 0.15) is 0 Å². The van der Waals surface area contributed by atoms with E-state index in [-0.39, 0.29) is 16.1 Å². The van der Waals surface area contributed by atoms with E-state index in [1.54, 1.807) is 36.0 Å². The maximum Gasteiger partial charge on any atom is 0.261 e. The molecule has 2 heterocycles. The molecule has 2 aromatic rings. The van der Waals surface area contributed by atoms with Gasteiger partial charge in [-0.2, -0.15) is 0 Å². The molecule has 2 aromatic carbocycles. The first-order valence-corrected chi connectivity index (χ1v) is 12.6. The van der Waals surface area contributed by atoms with Crippen LogP contribution in [-0.2, 0) is 14.8 Å². The molecule has 2 aliphatic heterocycles. The highest BCUT2D eigenvalue weighted by Crippen LogP contribution is 2.36. The van der Waals surface area contributed by atoms with E-state index in [9.17, 15) is 13.2 Å². The lowest BCUT2D eigenvalue weighted by Gasteiger charge is -2.32. The van der Waals surface area contributed by atoms with Crippen molar-refractivity contribution in [2.75, 3.05) is 28.0 Å². The van der Waals surface area contributed by atoms with Gasteiger partial charge < -0.3 is 10.2 Å². The average molecular weight is 446 g/mol. The highest BCUT2D eigenvalue weighted by Gasteiger charge is 2.22. The number of rotatable bonds is 4. The van der Waals surface area contributed by atoms with Crippen LogP contribution in [0.3, 0.4) is 0 Å². The van der Waals surface area contributed by atoms with Crippen molar-refractivity contribution in [3.63, 3.8) is 0 Å². The number of fused-ring (bicyclic) bond motifs is 1. The number of thioether (sulfide) groups is 1. The molecular weight excluding hydrogens is 418 g/mol. The fourth-order valence-corrected chi connectivity index (χ4v) is 5.95. The fourth-order valence-electron chi connectivity index (χ4n) is 3.82. The van der Waals surface area contributed by atoms with Crippen molar-refractivity contribution in [1.82, 2.24) is 0 Å². The lowest BCUT2D eigenvalue weighted by molar-refractivity contribution is -0.116. The number of nitrogens with zero attached hydrogens (tertiary/aromatic N) is 1. The van der Waals surface area contributed by atoms with Crippen LogP contribution in [0, 0.1) is 5.92 Å². The SMILES string of the molecule is CC1CCN(c2ccc(NS(=O)(=O)c3ccc4c(c3)NC(=O)C[C@H](C)S4)cc2)CC1. The second-order valence-electron chi connectivity index (χ2n) is 8.16. The lowest BCUT2D eigenvalue weighted by Crippen LogP contribution is -2.32. The summed E-state index contributed by atoms with van der Waals surface area (Å²) in [4.78, 5) is 15.3. The van der Waals surface area contributed by atoms with Gasteiger partial charge in [0, 0.05) is 41.0 Å². The summed E-state index contributed by atoms with van der Waals surface area (Å²) in [6, 6.07) is 12.4. The minimum atomic E-state index is -3.76. The molecule has 0 aliphatic carbocycles. The van der Waals surface area contributed by atoms with Gasteiger partial charge in [-0.1, -0.05) is 13.8 Å². The molecule has 6 nitrogen and oxygen atoms in total. The molecule has 1 saturated heterocycles. The zero-order chi connectivity index (χ0) is 21.3. The molecule has 0 saturated carbocycles. The second kappa shape index (κ2) is 8.51. The Labute approximate surface area is 182 Å². The number of anilines is 3. The molecule has 160 valence electrons. The Morgan fingerprint density at radius 2 is 1.77 bits per heavy atom. The normalized spacial score (nSPS) is 20.3. The molecule has 8 heteroatoms. The highest BCUT2D eigenvalue weighted by molar-refractivity contribution is 8.00. The van der Waals surface area contributed by atoms with Gasteiger partial charge in [-0.25, -0.2) is 8.42 Å². The van der Waals surface area contributed by atoms with Gasteiger partial charge in [-0.3, -0.25) is 9.52 Å². The van der Waals surface area contributed by atoms with Crippen LogP contribution < -0.4 is 14.9 Å². The van der Waals surface area contributed by atoms with Crippen molar-refractivity contribution in [3.8, 4) is 0 Å². The van der Waals surface area contributed by atoms with Crippen molar-refractivity contribution >= 4 is 44.8 Å². The predicted octanol–water partition coefficient (Wildman–Crippen LogP) is 4.55. The quantitative estimate of drug-likeness (QED) is 0.722. The molecule has 0 radical (unpaired) electrons. The van der Waals surface area contributed by atoms with E-state index in [0.717, 1.165) is 29.6 Å². The number of amides is 1. The predicted molar refractivity (Wildman–Crippen MR) is 123 cm³/mol. The van der Waals surface area contributed by atoms with Crippen LogP contribution in [0.4, 0.5) is 17.1 Å². The van der Waals surface area contributed by atoms with Crippen molar-refractivity contribution in [2.45, 2.75) is 48.2 Å². The Morgan fingerprint density at radius 3 is 2.47 bits per heavy atom. The van der Waals surface area contributed by atoms with E-state index in [1.807, 2.05) is 19.1 Å². The summed E-state index contributed by atoms with van der Waals surface area (Å²) >= 11 is 1.57. The van der Waals surface area contributed by atoms with E-state index in [4.69, 9.17) is 0 Å². The average Bonchev–Trinajstić information content (AvgIpc) is 2.84. The van der Waals surface area contributed by atoms with E-state index < -0.39 is 10.0 Å². The van der Waals surface area contributed by atoms with Crippen molar-refractivity contribution in [3.05, 3.63) is 42.5 Å². The molecule has 0 spiro atoms. The number of piperidine rings is 1. The summed E-state index contributed by atoms with van der Waals surface area (Å²) in [7, 11) is -3.76. The van der Waals surface area contributed by atoms with Crippen LogP contribution >= 0.6 is 11.8 Å². The third-order valence-corrected chi connectivity index (χ3v) is 8.16. The molecule has 30 heavy (non-hydrogen) atoms. The van der Waals surface area contributed by atoms with Crippen LogP contribution in [0.1, 0.15) is 33.1 Å². The number of nitrogens with one attached hydrogen (secondary N) is 2. The third kappa shape index (κ3) is 4.75. The smallest absolute Gasteiger partial charge is 0.261 e. The van der Waals surface area contributed by atoms with Gasteiger partial charge in [-0.15, -0.1) is 11.8 Å². The molecular formula is C22H27N3O3S2. The summed E-state index contributed by atoms with van der Waals surface area (Å²) in [6.45, 7) is 6.33. The summed E-state index contributed by atoms with van der Waals surface area (Å²) in [6.07, 6.45) is 2.77. The summed E-state index contributed by atoms with van der Waals surface area (Å²) in [5.74, 6) is 0.665. The first kappa shape index (κ1) is 21.1. The Hall–Kier alpha value is -2.19. The van der Waals surface area contributed by atoms with Crippen molar-refractivity contribution in [1.29, 1.82) is 0 Å². The first-order chi connectivity index (χ1) is 14.3. The third-order valence-electron chi connectivity index (χ3n) is 5.60. The molecule has 4 rings (SSSR count). The Bertz CT molecular complexity index is 1030. The van der Waals surface area contributed by atoms with Crippen LogP contribution in [0.5, 0.6) is 0 Å². The maximum absolute atomic E-state index is 12.9. The van der Waals surface area contributed by atoms with Crippen LogP contribution in [0.15, 0.2) is 52.3 Å². The van der Waals surface area contributed by atoms with E-state index >= 15 is 0 Å². The summed E-state index contributed by atoms with van der Waals surface area (Å²) < 4.78 is 28.5. The lowest BCUT2D eigenvalue weighted by atomic mass is 9.99. The minimum absolute atomic E-state index is 0.0982. The minimum Gasteiger partial charge on any atom is -0.372 e. The zero-order valence-corrected chi connectivity index (χ0v) is 18.9. The maximum atomic E-state index is 12.9. The van der Waals surface area contributed by atoms with E-state index in [1.165, 1.54) is 18.9 Å². The second-order valence-corrected chi connectivity index (χ2v) is 11.3. The number of carbonyl (C=O) groups excluding carboxylic acids is 1. The number of benzene rings is 2. The summed E-state index contributed by atoms with van der Waals surface area (Å²) in [5, 5.41) is 2.97. The Morgan fingerprint density at radius 1 is 1.07 bits per heavy atom.